The molecule has 0 spiro atoms. The molecule has 80 valence electrons. The van der Waals surface area contributed by atoms with Crippen LogP contribution in [0.2, 0.25) is 0 Å². The Morgan fingerprint density at radius 1 is 1.21 bits per heavy atom. The second kappa shape index (κ2) is 5.83. The number of methoxy groups -OCH3 is 1. The lowest BCUT2D eigenvalue weighted by molar-refractivity contribution is 0.199. The lowest BCUT2D eigenvalue weighted by atomic mass is 10.5. The van der Waals surface area contributed by atoms with Crippen molar-refractivity contribution in [1.29, 1.82) is 0 Å². The lowest BCUT2D eigenvalue weighted by Crippen LogP contribution is -2.24. The van der Waals surface area contributed by atoms with E-state index in [-0.39, 0.29) is 0 Å². The smallest absolute Gasteiger partial charge is 0.0587 e. The fraction of sp³-hybridized carbons (Fsp3) is 0.636. The van der Waals surface area contributed by atoms with Crippen LogP contribution < -0.4 is 5.32 Å². The first-order chi connectivity index (χ1) is 6.75. The van der Waals surface area contributed by atoms with Gasteiger partial charge in [-0.05, 0) is 26.0 Å². The SMILES string of the molecule is COCCNCCn1c(C)ccc1C. The Balaban J connectivity index is 2.24. The zero-order valence-electron chi connectivity index (χ0n) is 9.34. The van der Waals surface area contributed by atoms with Gasteiger partial charge in [0.05, 0.1) is 6.61 Å². The van der Waals surface area contributed by atoms with Crippen molar-refractivity contribution in [2.24, 2.45) is 0 Å². The number of hydrogen-bond acceptors (Lipinski definition) is 2. The van der Waals surface area contributed by atoms with Crippen LogP contribution in [0.1, 0.15) is 11.4 Å². The summed E-state index contributed by atoms with van der Waals surface area (Å²) in [6.45, 7) is 8.03. The number of nitrogens with zero attached hydrogens (tertiary/aromatic N) is 1. The number of ether oxygens (including phenoxy) is 1. The molecule has 1 heterocycles. The Labute approximate surface area is 86.1 Å². The summed E-state index contributed by atoms with van der Waals surface area (Å²) in [6, 6.07) is 4.31. The average Bonchev–Trinajstić information content (AvgIpc) is 2.48. The lowest BCUT2D eigenvalue weighted by Gasteiger charge is -2.09. The Hall–Kier alpha value is -0.800. The van der Waals surface area contributed by atoms with Gasteiger partial charge in [-0.1, -0.05) is 0 Å². The van der Waals surface area contributed by atoms with E-state index in [9.17, 15) is 0 Å². The number of hydrogen-bond donors (Lipinski definition) is 1. The highest BCUT2D eigenvalue weighted by Crippen LogP contribution is 2.05. The molecule has 0 saturated heterocycles. The molecule has 0 radical (unpaired) electrons. The largest absolute Gasteiger partial charge is 0.383 e. The van der Waals surface area contributed by atoms with E-state index in [0.717, 1.165) is 26.2 Å². The van der Waals surface area contributed by atoms with E-state index in [1.807, 2.05) is 0 Å². The van der Waals surface area contributed by atoms with Crippen molar-refractivity contribution in [2.75, 3.05) is 26.8 Å². The standard InChI is InChI=1S/C11H20N2O/c1-10-4-5-11(2)13(10)8-6-12-7-9-14-3/h4-5,12H,6-9H2,1-3H3. The summed E-state index contributed by atoms with van der Waals surface area (Å²) in [5, 5.41) is 3.33. The molecule has 0 atom stereocenters. The molecule has 0 aliphatic rings. The first kappa shape index (κ1) is 11.3. The van der Waals surface area contributed by atoms with Gasteiger partial charge in [-0.3, -0.25) is 0 Å². The molecule has 14 heavy (non-hydrogen) atoms. The van der Waals surface area contributed by atoms with Crippen molar-refractivity contribution in [3.63, 3.8) is 0 Å². The predicted octanol–water partition coefficient (Wildman–Crippen LogP) is 1.34. The molecule has 3 heteroatoms. The second-order valence-corrected chi connectivity index (χ2v) is 3.51. The maximum atomic E-state index is 4.96. The van der Waals surface area contributed by atoms with Crippen LogP contribution in [0.3, 0.4) is 0 Å². The van der Waals surface area contributed by atoms with E-state index in [2.05, 4.69) is 35.9 Å². The average molecular weight is 196 g/mol. The first-order valence-electron chi connectivity index (χ1n) is 5.08. The van der Waals surface area contributed by atoms with E-state index in [1.54, 1.807) is 7.11 Å². The fourth-order valence-electron chi connectivity index (χ4n) is 1.54. The van der Waals surface area contributed by atoms with Crippen LogP contribution in [-0.2, 0) is 11.3 Å². The summed E-state index contributed by atoms with van der Waals surface area (Å²) in [7, 11) is 1.72. The van der Waals surface area contributed by atoms with Crippen molar-refractivity contribution < 1.29 is 4.74 Å². The van der Waals surface area contributed by atoms with Gasteiger partial charge in [0.25, 0.3) is 0 Å². The molecule has 1 aromatic rings. The van der Waals surface area contributed by atoms with Crippen LogP contribution in [0.5, 0.6) is 0 Å². The molecule has 0 unspecified atom stereocenters. The molecule has 0 saturated carbocycles. The van der Waals surface area contributed by atoms with Gasteiger partial charge in [0.2, 0.25) is 0 Å². The van der Waals surface area contributed by atoms with E-state index >= 15 is 0 Å². The van der Waals surface area contributed by atoms with Gasteiger partial charge < -0.3 is 14.6 Å². The molecule has 0 aliphatic heterocycles. The minimum Gasteiger partial charge on any atom is -0.383 e. The quantitative estimate of drug-likeness (QED) is 0.695. The van der Waals surface area contributed by atoms with Crippen molar-refractivity contribution in [3.8, 4) is 0 Å². The van der Waals surface area contributed by atoms with Crippen LogP contribution in [0.25, 0.3) is 0 Å². The van der Waals surface area contributed by atoms with Gasteiger partial charge in [-0.25, -0.2) is 0 Å². The number of rotatable bonds is 6. The minimum atomic E-state index is 0.781. The topological polar surface area (TPSA) is 26.2 Å². The second-order valence-electron chi connectivity index (χ2n) is 3.51. The molecule has 0 aromatic carbocycles. The molecule has 3 nitrogen and oxygen atoms in total. The molecular weight excluding hydrogens is 176 g/mol. The summed E-state index contributed by atoms with van der Waals surface area (Å²) in [6.07, 6.45) is 0. The zero-order chi connectivity index (χ0) is 10.4. The number of aromatic nitrogens is 1. The van der Waals surface area contributed by atoms with Crippen molar-refractivity contribution in [2.45, 2.75) is 20.4 Å². The van der Waals surface area contributed by atoms with Gasteiger partial charge in [0.15, 0.2) is 0 Å². The fourth-order valence-corrected chi connectivity index (χ4v) is 1.54. The molecule has 0 bridgehead atoms. The maximum absolute atomic E-state index is 4.96. The Morgan fingerprint density at radius 2 is 1.86 bits per heavy atom. The van der Waals surface area contributed by atoms with Crippen LogP contribution in [0.4, 0.5) is 0 Å². The normalized spacial score (nSPS) is 10.8. The van der Waals surface area contributed by atoms with E-state index in [0.29, 0.717) is 0 Å². The molecule has 0 amide bonds. The van der Waals surface area contributed by atoms with Crippen molar-refractivity contribution >= 4 is 0 Å². The maximum Gasteiger partial charge on any atom is 0.0587 e. The minimum absolute atomic E-state index is 0.781. The summed E-state index contributed by atoms with van der Waals surface area (Å²) in [5.41, 5.74) is 2.66. The predicted molar refractivity (Wildman–Crippen MR) is 58.7 cm³/mol. The highest BCUT2D eigenvalue weighted by molar-refractivity contribution is 5.13. The highest BCUT2D eigenvalue weighted by Gasteiger charge is 1.99. The third-order valence-corrected chi connectivity index (χ3v) is 2.41. The number of nitrogens with one attached hydrogen (secondary N) is 1. The Morgan fingerprint density at radius 3 is 2.43 bits per heavy atom. The van der Waals surface area contributed by atoms with Gasteiger partial charge in [0, 0.05) is 38.1 Å². The Bertz CT molecular complexity index is 249. The van der Waals surface area contributed by atoms with Crippen molar-refractivity contribution in [1.82, 2.24) is 9.88 Å². The van der Waals surface area contributed by atoms with Crippen LogP contribution >= 0.6 is 0 Å². The van der Waals surface area contributed by atoms with Crippen LogP contribution in [0.15, 0.2) is 12.1 Å². The van der Waals surface area contributed by atoms with E-state index in [1.165, 1.54) is 11.4 Å². The summed E-state index contributed by atoms with van der Waals surface area (Å²) in [5.74, 6) is 0. The van der Waals surface area contributed by atoms with Crippen LogP contribution in [0, 0.1) is 13.8 Å². The summed E-state index contributed by atoms with van der Waals surface area (Å²) in [4.78, 5) is 0. The molecule has 1 N–H and O–H groups in total. The molecule has 0 fully saturated rings. The zero-order valence-corrected chi connectivity index (χ0v) is 9.34. The van der Waals surface area contributed by atoms with Gasteiger partial charge >= 0.3 is 0 Å². The summed E-state index contributed by atoms with van der Waals surface area (Å²) >= 11 is 0. The van der Waals surface area contributed by atoms with Gasteiger partial charge in [0.1, 0.15) is 0 Å². The first-order valence-corrected chi connectivity index (χ1v) is 5.08. The van der Waals surface area contributed by atoms with Gasteiger partial charge in [-0.15, -0.1) is 0 Å². The van der Waals surface area contributed by atoms with E-state index < -0.39 is 0 Å². The molecular formula is C11H20N2O. The molecule has 1 rings (SSSR count). The summed E-state index contributed by atoms with van der Waals surface area (Å²) < 4.78 is 7.28. The monoisotopic (exact) mass is 196 g/mol. The van der Waals surface area contributed by atoms with Crippen molar-refractivity contribution in [3.05, 3.63) is 23.5 Å². The molecule has 1 aromatic heterocycles. The van der Waals surface area contributed by atoms with E-state index in [4.69, 9.17) is 4.74 Å². The van der Waals surface area contributed by atoms with Gasteiger partial charge in [-0.2, -0.15) is 0 Å². The van der Waals surface area contributed by atoms with Crippen LogP contribution in [-0.4, -0.2) is 31.4 Å². The third kappa shape index (κ3) is 3.16. The molecule has 0 aliphatic carbocycles. The number of aryl methyl sites for hydroxylation is 2. The third-order valence-electron chi connectivity index (χ3n) is 2.41. The highest BCUT2D eigenvalue weighted by atomic mass is 16.5. The Kier molecular flexibility index (Phi) is 4.70.